The number of nitrogens with zero attached hydrogens (tertiary/aromatic N) is 1. The van der Waals surface area contributed by atoms with Gasteiger partial charge in [0.15, 0.2) is 17.2 Å². The third-order valence-electron chi connectivity index (χ3n) is 11.0. The molecule has 7 heteroatoms. The van der Waals surface area contributed by atoms with E-state index in [0.29, 0.717) is 38.9 Å². The van der Waals surface area contributed by atoms with Crippen LogP contribution in [0.2, 0.25) is 0 Å². The van der Waals surface area contributed by atoms with Gasteiger partial charge in [-0.2, -0.15) is 0 Å². The number of benzene rings is 1. The van der Waals surface area contributed by atoms with Crippen LogP contribution >= 0.6 is 0 Å². The first-order valence-corrected chi connectivity index (χ1v) is 14.7. The topological polar surface area (TPSA) is 85.3 Å². The first-order chi connectivity index (χ1) is 18.4. The van der Waals surface area contributed by atoms with Crippen LogP contribution in [0.4, 0.5) is 5.69 Å². The molecule has 39 heavy (non-hydrogen) atoms. The second-order valence-electron chi connectivity index (χ2n) is 13.2. The number of ether oxygens (including phenoxy) is 3. The van der Waals surface area contributed by atoms with E-state index >= 15 is 0 Å². The zero-order valence-electron chi connectivity index (χ0n) is 24.0. The van der Waals surface area contributed by atoms with Crippen LogP contribution in [-0.2, 0) is 23.8 Å². The van der Waals surface area contributed by atoms with Gasteiger partial charge < -0.3 is 24.2 Å². The Morgan fingerprint density at radius 2 is 1.72 bits per heavy atom. The second-order valence-corrected chi connectivity index (χ2v) is 13.2. The lowest BCUT2D eigenvalue weighted by molar-refractivity contribution is -0.209. The largest absolute Gasteiger partial charge is 0.451 e. The molecule has 0 amide bonds. The molecular weight excluding hydrogens is 494 g/mol. The molecular formula is C32H43NO6. The molecule has 1 aromatic rings. The molecule has 3 saturated carbocycles. The Labute approximate surface area is 231 Å². The number of carbonyl (C=O) groups is 2. The lowest BCUT2D eigenvalue weighted by atomic mass is 9.49. The fraction of sp³-hybridized carbons (Fsp3) is 0.688. The third-order valence-corrected chi connectivity index (χ3v) is 11.0. The summed E-state index contributed by atoms with van der Waals surface area (Å²) in [4.78, 5) is 27.8. The maximum Gasteiger partial charge on any atom is 0.303 e. The molecule has 6 rings (SSSR count). The summed E-state index contributed by atoms with van der Waals surface area (Å²) in [5.74, 6) is -0.655. The van der Waals surface area contributed by atoms with Crippen LogP contribution in [0.3, 0.4) is 0 Å². The SMILES string of the molecule is CC(=O)O[C@]1(C(C)=O)CCC2C3CC[C@@]4(O)CC5(CCC4=C3C(c3ccc(N(C)C)cc3)CC21C)OCCO5. The molecule has 1 spiro atoms. The summed E-state index contributed by atoms with van der Waals surface area (Å²) < 4.78 is 18.2. The van der Waals surface area contributed by atoms with Crippen molar-refractivity contribution in [3.8, 4) is 0 Å². The normalized spacial score (nSPS) is 38.7. The number of rotatable bonds is 4. The van der Waals surface area contributed by atoms with E-state index in [1.165, 1.54) is 23.6 Å². The van der Waals surface area contributed by atoms with Crippen LogP contribution in [0, 0.1) is 17.3 Å². The Bertz CT molecular complexity index is 1200. The number of hydrogen-bond donors (Lipinski definition) is 1. The van der Waals surface area contributed by atoms with E-state index in [1.807, 2.05) is 14.1 Å². The molecule has 0 bridgehead atoms. The summed E-state index contributed by atoms with van der Waals surface area (Å²) in [6, 6.07) is 8.69. The van der Waals surface area contributed by atoms with Crippen molar-refractivity contribution >= 4 is 17.4 Å². The van der Waals surface area contributed by atoms with Crippen molar-refractivity contribution in [1.82, 2.24) is 0 Å². The van der Waals surface area contributed by atoms with Gasteiger partial charge >= 0.3 is 5.97 Å². The summed E-state index contributed by atoms with van der Waals surface area (Å²) >= 11 is 0. The van der Waals surface area contributed by atoms with E-state index in [1.54, 1.807) is 6.92 Å². The monoisotopic (exact) mass is 537 g/mol. The molecule has 1 saturated heterocycles. The molecule has 1 aliphatic heterocycles. The van der Waals surface area contributed by atoms with Gasteiger partial charge in [0.25, 0.3) is 0 Å². The minimum absolute atomic E-state index is 0.0288. The van der Waals surface area contributed by atoms with Gasteiger partial charge in [0.1, 0.15) is 0 Å². The summed E-state index contributed by atoms with van der Waals surface area (Å²) in [7, 11) is 4.07. The standard InChI is InChI=1S/C32H43NO6/c1-20(34)32(39-21(2)35)15-12-26-24-10-13-30(36)19-31(37-16-17-38-31)14-11-27(30)28(24)25(18-29(26,32)3)22-6-8-23(9-7-22)33(4)5/h6-9,24-26,36H,10-19H2,1-5H3/t24?,25?,26?,29?,30-,32+/m1/s1. The number of esters is 1. The second kappa shape index (κ2) is 9.15. The summed E-state index contributed by atoms with van der Waals surface area (Å²) in [5, 5.41) is 12.2. The van der Waals surface area contributed by atoms with Crippen LogP contribution in [0.15, 0.2) is 35.4 Å². The zero-order chi connectivity index (χ0) is 27.8. The summed E-state index contributed by atoms with van der Waals surface area (Å²) in [6.45, 7) is 6.35. The Morgan fingerprint density at radius 1 is 1.03 bits per heavy atom. The quantitative estimate of drug-likeness (QED) is 0.431. The highest BCUT2D eigenvalue weighted by Crippen LogP contribution is 2.69. The van der Waals surface area contributed by atoms with Gasteiger partial charge in [-0.3, -0.25) is 9.59 Å². The van der Waals surface area contributed by atoms with Crippen molar-refractivity contribution in [1.29, 1.82) is 0 Å². The molecule has 4 fully saturated rings. The van der Waals surface area contributed by atoms with E-state index in [0.717, 1.165) is 31.4 Å². The summed E-state index contributed by atoms with van der Waals surface area (Å²) in [6.07, 6.45) is 5.57. The Balaban J connectivity index is 1.49. The van der Waals surface area contributed by atoms with Crippen molar-refractivity contribution < 1.29 is 28.9 Å². The fourth-order valence-corrected chi connectivity index (χ4v) is 9.37. The number of allylic oxidation sites excluding steroid dienone is 1. The Hall–Kier alpha value is -2.22. The molecule has 4 aliphatic carbocycles. The number of anilines is 1. The van der Waals surface area contributed by atoms with Gasteiger partial charge in [-0.1, -0.05) is 24.6 Å². The lowest BCUT2D eigenvalue weighted by Gasteiger charge is -2.57. The Morgan fingerprint density at radius 3 is 2.33 bits per heavy atom. The van der Waals surface area contributed by atoms with Crippen LogP contribution in [0.1, 0.15) is 83.6 Å². The summed E-state index contributed by atoms with van der Waals surface area (Å²) in [5.41, 5.74) is 2.29. The van der Waals surface area contributed by atoms with Crippen LogP contribution in [-0.4, -0.2) is 61.2 Å². The zero-order valence-corrected chi connectivity index (χ0v) is 24.0. The van der Waals surface area contributed by atoms with Gasteiger partial charge in [0.2, 0.25) is 0 Å². The van der Waals surface area contributed by atoms with Gasteiger partial charge in [-0.15, -0.1) is 0 Å². The number of aliphatic hydroxyl groups is 1. The molecule has 212 valence electrons. The van der Waals surface area contributed by atoms with E-state index in [-0.39, 0.29) is 23.5 Å². The highest BCUT2D eigenvalue weighted by molar-refractivity contribution is 5.89. The number of Topliss-reactive ketones (excluding diaryl/α,β-unsaturated/α-hetero) is 1. The molecule has 0 radical (unpaired) electrons. The molecule has 6 atom stereocenters. The predicted molar refractivity (Wildman–Crippen MR) is 147 cm³/mol. The molecule has 1 N–H and O–H groups in total. The lowest BCUT2D eigenvalue weighted by Crippen LogP contribution is -2.58. The smallest absolute Gasteiger partial charge is 0.303 e. The minimum atomic E-state index is -1.11. The van der Waals surface area contributed by atoms with Crippen molar-refractivity contribution in [2.24, 2.45) is 17.3 Å². The molecule has 0 aromatic heterocycles. The van der Waals surface area contributed by atoms with Gasteiger partial charge in [0, 0.05) is 50.9 Å². The molecule has 1 heterocycles. The van der Waals surface area contributed by atoms with Crippen LogP contribution in [0.5, 0.6) is 0 Å². The van der Waals surface area contributed by atoms with E-state index < -0.39 is 28.4 Å². The number of fused-ring (bicyclic) bond motifs is 4. The molecule has 4 unspecified atom stereocenters. The highest BCUT2D eigenvalue weighted by Gasteiger charge is 2.68. The van der Waals surface area contributed by atoms with Crippen molar-refractivity contribution in [3.63, 3.8) is 0 Å². The van der Waals surface area contributed by atoms with E-state index in [9.17, 15) is 14.7 Å². The average molecular weight is 538 g/mol. The van der Waals surface area contributed by atoms with E-state index in [4.69, 9.17) is 14.2 Å². The van der Waals surface area contributed by atoms with Crippen molar-refractivity contribution in [2.45, 2.75) is 95.0 Å². The highest BCUT2D eigenvalue weighted by atomic mass is 16.7. The first kappa shape index (κ1) is 27.0. The fourth-order valence-electron chi connectivity index (χ4n) is 9.37. The van der Waals surface area contributed by atoms with E-state index in [2.05, 4.69) is 36.1 Å². The number of hydrogen-bond acceptors (Lipinski definition) is 7. The van der Waals surface area contributed by atoms with Gasteiger partial charge in [-0.05, 0) is 80.6 Å². The third kappa shape index (κ3) is 3.94. The van der Waals surface area contributed by atoms with Crippen molar-refractivity contribution in [3.05, 3.63) is 41.0 Å². The molecule has 1 aromatic carbocycles. The Kier molecular flexibility index (Phi) is 6.33. The number of carbonyl (C=O) groups excluding carboxylic acids is 2. The maximum atomic E-state index is 13.3. The van der Waals surface area contributed by atoms with Crippen LogP contribution < -0.4 is 4.90 Å². The maximum absolute atomic E-state index is 13.3. The average Bonchev–Trinajstić information content (AvgIpc) is 3.44. The minimum Gasteiger partial charge on any atom is -0.451 e. The van der Waals surface area contributed by atoms with Gasteiger partial charge in [-0.25, -0.2) is 0 Å². The molecule has 5 aliphatic rings. The number of ketones is 1. The van der Waals surface area contributed by atoms with Crippen molar-refractivity contribution in [2.75, 3.05) is 32.2 Å². The molecule has 7 nitrogen and oxygen atoms in total. The first-order valence-electron chi connectivity index (χ1n) is 14.7. The van der Waals surface area contributed by atoms with Gasteiger partial charge in [0.05, 0.1) is 18.8 Å². The predicted octanol–water partition coefficient (Wildman–Crippen LogP) is 4.91. The van der Waals surface area contributed by atoms with Crippen LogP contribution in [0.25, 0.3) is 0 Å².